The molecule has 0 spiro atoms. The molecule has 0 fully saturated rings. The van der Waals surface area contributed by atoms with Crippen LogP contribution in [0.1, 0.15) is 25.3 Å². The highest BCUT2D eigenvalue weighted by Gasteiger charge is 2.08. The molecule has 0 saturated carbocycles. The molecule has 5 nitrogen and oxygen atoms in total. The van der Waals surface area contributed by atoms with E-state index >= 15 is 0 Å². The Balaban J connectivity index is 2.31. The molecule has 0 aromatic heterocycles. The van der Waals surface area contributed by atoms with Crippen molar-refractivity contribution in [1.29, 1.82) is 0 Å². The first-order chi connectivity index (χ1) is 9.40. The van der Waals surface area contributed by atoms with E-state index in [-0.39, 0.29) is 11.7 Å². The fourth-order valence-electron chi connectivity index (χ4n) is 1.78. The first-order valence-electron chi connectivity index (χ1n) is 6.62. The highest BCUT2D eigenvalue weighted by Crippen LogP contribution is 2.16. The number of hydrogen-bond acceptors (Lipinski definition) is 4. The fourth-order valence-corrected chi connectivity index (χ4v) is 2.51. The first kappa shape index (κ1) is 16.9. The summed E-state index contributed by atoms with van der Waals surface area (Å²) in [5.41, 5.74) is 1.06. The van der Waals surface area contributed by atoms with E-state index in [1.165, 1.54) is 0 Å². The number of methoxy groups -OCH3 is 1. The minimum Gasteiger partial charge on any atom is -0.494 e. The number of rotatable bonds is 9. The standard InChI is InChI=1S/C14H23NO4S/c1-12(7-9-20(15,16)17)6-8-19-14-5-3-4-13(10-14)11-18-2/h3-5,10,12H,6-9,11H2,1-2H3,(H2,15,16,17). The van der Waals surface area contributed by atoms with Gasteiger partial charge < -0.3 is 9.47 Å². The maximum Gasteiger partial charge on any atom is 0.209 e. The van der Waals surface area contributed by atoms with Gasteiger partial charge in [-0.15, -0.1) is 0 Å². The van der Waals surface area contributed by atoms with Crippen LogP contribution in [0.2, 0.25) is 0 Å². The van der Waals surface area contributed by atoms with Crippen molar-refractivity contribution < 1.29 is 17.9 Å². The molecule has 0 saturated heterocycles. The molecule has 114 valence electrons. The fraction of sp³-hybridized carbons (Fsp3) is 0.571. The zero-order chi connectivity index (χ0) is 15.0. The summed E-state index contributed by atoms with van der Waals surface area (Å²) in [5.74, 6) is 1.09. The van der Waals surface area contributed by atoms with Gasteiger partial charge in [-0.3, -0.25) is 0 Å². The highest BCUT2D eigenvalue weighted by atomic mass is 32.2. The molecule has 0 heterocycles. The van der Waals surface area contributed by atoms with E-state index in [2.05, 4.69) is 0 Å². The van der Waals surface area contributed by atoms with Crippen LogP contribution in [0.15, 0.2) is 24.3 Å². The molecule has 0 radical (unpaired) electrons. The molecule has 1 rings (SSSR count). The van der Waals surface area contributed by atoms with Gasteiger partial charge in [-0.25, -0.2) is 13.6 Å². The summed E-state index contributed by atoms with van der Waals surface area (Å²) in [6.45, 7) is 3.11. The Bertz CT molecular complexity index is 502. The minimum absolute atomic E-state index is 0.0253. The van der Waals surface area contributed by atoms with Crippen LogP contribution in [-0.2, 0) is 21.4 Å². The molecular formula is C14H23NO4S. The van der Waals surface area contributed by atoms with Gasteiger partial charge >= 0.3 is 0 Å². The van der Waals surface area contributed by atoms with Gasteiger partial charge in [0.25, 0.3) is 0 Å². The molecule has 1 aromatic rings. The van der Waals surface area contributed by atoms with E-state index in [0.29, 0.717) is 19.6 Å². The van der Waals surface area contributed by atoms with Crippen LogP contribution in [0, 0.1) is 5.92 Å². The van der Waals surface area contributed by atoms with Gasteiger partial charge in [0.2, 0.25) is 10.0 Å². The van der Waals surface area contributed by atoms with Gasteiger partial charge in [0, 0.05) is 7.11 Å². The lowest BCUT2D eigenvalue weighted by molar-refractivity contribution is 0.184. The monoisotopic (exact) mass is 301 g/mol. The van der Waals surface area contributed by atoms with E-state index in [9.17, 15) is 8.42 Å². The zero-order valence-corrected chi connectivity index (χ0v) is 12.9. The van der Waals surface area contributed by atoms with Crippen LogP contribution in [0.3, 0.4) is 0 Å². The molecule has 1 unspecified atom stereocenters. The molecule has 0 aliphatic carbocycles. The summed E-state index contributed by atoms with van der Waals surface area (Å²) in [6.07, 6.45) is 1.36. The van der Waals surface area contributed by atoms with Crippen molar-refractivity contribution in [1.82, 2.24) is 0 Å². The molecule has 0 bridgehead atoms. The third kappa shape index (κ3) is 7.47. The molecule has 20 heavy (non-hydrogen) atoms. The van der Waals surface area contributed by atoms with Crippen molar-refractivity contribution in [2.24, 2.45) is 11.1 Å². The third-order valence-electron chi connectivity index (χ3n) is 2.98. The van der Waals surface area contributed by atoms with E-state index in [0.717, 1.165) is 17.7 Å². The van der Waals surface area contributed by atoms with E-state index < -0.39 is 10.0 Å². The number of primary sulfonamides is 1. The Morgan fingerprint density at radius 3 is 2.70 bits per heavy atom. The van der Waals surface area contributed by atoms with Crippen LogP contribution in [0.25, 0.3) is 0 Å². The second-order valence-electron chi connectivity index (χ2n) is 4.98. The Morgan fingerprint density at radius 2 is 2.05 bits per heavy atom. The Morgan fingerprint density at radius 1 is 1.30 bits per heavy atom. The molecule has 6 heteroatoms. The van der Waals surface area contributed by atoms with E-state index in [1.54, 1.807) is 7.11 Å². The predicted molar refractivity (Wildman–Crippen MR) is 79.0 cm³/mol. The number of ether oxygens (including phenoxy) is 2. The maximum absolute atomic E-state index is 10.9. The van der Waals surface area contributed by atoms with Crippen molar-refractivity contribution in [2.75, 3.05) is 19.5 Å². The molecule has 1 atom stereocenters. The second-order valence-corrected chi connectivity index (χ2v) is 6.71. The average molecular weight is 301 g/mol. The van der Waals surface area contributed by atoms with Crippen LogP contribution < -0.4 is 9.88 Å². The van der Waals surface area contributed by atoms with Crippen LogP contribution in [0.5, 0.6) is 5.75 Å². The largest absolute Gasteiger partial charge is 0.494 e. The van der Waals surface area contributed by atoms with Crippen molar-refractivity contribution in [2.45, 2.75) is 26.4 Å². The molecule has 0 amide bonds. The Labute approximate surface area is 121 Å². The van der Waals surface area contributed by atoms with Crippen molar-refractivity contribution in [3.63, 3.8) is 0 Å². The zero-order valence-electron chi connectivity index (χ0n) is 12.0. The quantitative estimate of drug-likeness (QED) is 0.755. The Hall–Kier alpha value is -1.11. The molecule has 1 aromatic carbocycles. The molecule has 2 N–H and O–H groups in total. The molecule has 0 aliphatic rings. The minimum atomic E-state index is -3.36. The van der Waals surface area contributed by atoms with Gasteiger partial charge in [-0.1, -0.05) is 19.1 Å². The number of sulfonamides is 1. The number of nitrogens with two attached hydrogens (primary N) is 1. The number of hydrogen-bond donors (Lipinski definition) is 1. The summed E-state index contributed by atoms with van der Waals surface area (Å²) in [6, 6.07) is 7.74. The lowest BCUT2D eigenvalue weighted by atomic mass is 10.1. The van der Waals surface area contributed by atoms with Crippen LogP contribution in [0.4, 0.5) is 0 Å². The third-order valence-corrected chi connectivity index (χ3v) is 3.79. The van der Waals surface area contributed by atoms with Gasteiger partial charge in [0.1, 0.15) is 5.75 Å². The van der Waals surface area contributed by atoms with Crippen LogP contribution >= 0.6 is 0 Å². The summed E-state index contributed by atoms with van der Waals surface area (Å²) in [5, 5.41) is 4.98. The lowest BCUT2D eigenvalue weighted by Crippen LogP contribution is -2.18. The molecular weight excluding hydrogens is 278 g/mol. The summed E-state index contributed by atoms with van der Waals surface area (Å²) < 4.78 is 32.5. The van der Waals surface area contributed by atoms with Crippen molar-refractivity contribution in [3.05, 3.63) is 29.8 Å². The van der Waals surface area contributed by atoms with E-state index in [1.807, 2.05) is 31.2 Å². The van der Waals surface area contributed by atoms with Gasteiger partial charge in [0.15, 0.2) is 0 Å². The van der Waals surface area contributed by atoms with Gasteiger partial charge in [-0.2, -0.15) is 0 Å². The average Bonchev–Trinajstić information content (AvgIpc) is 2.36. The smallest absolute Gasteiger partial charge is 0.209 e. The van der Waals surface area contributed by atoms with Crippen LogP contribution in [-0.4, -0.2) is 27.9 Å². The van der Waals surface area contributed by atoms with Crippen molar-refractivity contribution >= 4 is 10.0 Å². The summed E-state index contributed by atoms with van der Waals surface area (Å²) in [4.78, 5) is 0. The first-order valence-corrected chi connectivity index (χ1v) is 8.33. The molecule has 0 aliphatic heterocycles. The maximum atomic E-state index is 10.9. The van der Waals surface area contributed by atoms with Gasteiger partial charge in [-0.05, 0) is 36.5 Å². The SMILES string of the molecule is COCc1cccc(OCCC(C)CCS(N)(=O)=O)c1. The summed E-state index contributed by atoms with van der Waals surface area (Å²) in [7, 11) is -1.71. The second kappa shape index (κ2) is 8.24. The normalized spacial score (nSPS) is 13.2. The highest BCUT2D eigenvalue weighted by molar-refractivity contribution is 7.89. The summed E-state index contributed by atoms with van der Waals surface area (Å²) >= 11 is 0. The lowest BCUT2D eigenvalue weighted by Gasteiger charge is -2.12. The van der Waals surface area contributed by atoms with Crippen molar-refractivity contribution in [3.8, 4) is 5.75 Å². The predicted octanol–water partition coefficient (Wildman–Crippen LogP) is 1.92. The van der Waals surface area contributed by atoms with Gasteiger partial charge in [0.05, 0.1) is 19.0 Å². The topological polar surface area (TPSA) is 78.6 Å². The van der Waals surface area contributed by atoms with E-state index in [4.69, 9.17) is 14.6 Å². The number of benzene rings is 1. The Kier molecular flexibility index (Phi) is 6.98.